The largest absolute Gasteiger partial charge is 0.494 e. The molecule has 0 saturated heterocycles. The zero-order chi connectivity index (χ0) is 24.4. The number of pyridine rings is 2. The van der Waals surface area contributed by atoms with Gasteiger partial charge in [0.05, 0.1) is 19.9 Å². The zero-order valence-electron chi connectivity index (χ0n) is 18.9. The first kappa shape index (κ1) is 23.4. The molecule has 11 heteroatoms. The van der Waals surface area contributed by atoms with Crippen molar-refractivity contribution in [2.75, 3.05) is 19.0 Å². The molecule has 2 fully saturated rings. The van der Waals surface area contributed by atoms with Gasteiger partial charge in [-0.15, -0.1) is 10.2 Å². The van der Waals surface area contributed by atoms with Crippen LogP contribution in [-0.2, 0) is 0 Å². The Labute approximate surface area is 204 Å². The smallest absolute Gasteiger partial charge is 0.280 e. The van der Waals surface area contributed by atoms with Crippen LogP contribution in [-0.4, -0.2) is 39.0 Å². The van der Waals surface area contributed by atoms with Gasteiger partial charge in [0.2, 0.25) is 11.0 Å². The number of methoxy groups -OCH3 is 1. The zero-order valence-corrected chi connectivity index (χ0v) is 19.7. The molecule has 1 atom stereocenters. The van der Waals surface area contributed by atoms with Gasteiger partial charge in [-0.1, -0.05) is 17.3 Å². The second kappa shape index (κ2) is 10.1. The first-order valence-corrected chi connectivity index (χ1v) is 12.1. The predicted molar refractivity (Wildman–Crippen MR) is 125 cm³/mol. The number of nitrogens with one attached hydrogen (secondary N) is 1. The van der Waals surface area contributed by atoms with Crippen LogP contribution in [0.15, 0.2) is 24.5 Å². The third-order valence-electron chi connectivity index (χ3n) is 5.64. The maximum absolute atomic E-state index is 13.4. The van der Waals surface area contributed by atoms with E-state index in [2.05, 4.69) is 37.3 Å². The molecule has 0 bridgehead atoms. The van der Waals surface area contributed by atoms with Crippen LogP contribution < -0.4 is 14.8 Å². The summed E-state index contributed by atoms with van der Waals surface area (Å²) < 4.78 is 38.0. The standard InChI is InChI=1S/C24H23F2N5O3S/c1-33-19-11-27-18(22(25)26)8-16(19)15-9-20(34-12-14-4-5-14)28-10-17(15)23(32)29-24-31-30-21(35-24)7-6-13-2-3-13/h8-11,13-14,22-23,32H,2-5,12H2,1H3,(H,29,31). The number of ether oxygens (including phenoxy) is 2. The first-order valence-electron chi connectivity index (χ1n) is 11.2. The monoisotopic (exact) mass is 499 g/mol. The topological polar surface area (TPSA) is 102 Å². The van der Waals surface area contributed by atoms with Gasteiger partial charge in [0.15, 0.2) is 11.2 Å². The van der Waals surface area contributed by atoms with Gasteiger partial charge >= 0.3 is 0 Å². The number of anilines is 1. The van der Waals surface area contributed by atoms with Gasteiger partial charge in [-0.25, -0.2) is 13.8 Å². The first-order chi connectivity index (χ1) is 17.0. The van der Waals surface area contributed by atoms with E-state index in [4.69, 9.17) is 9.47 Å². The van der Waals surface area contributed by atoms with Crippen molar-refractivity contribution in [3.63, 3.8) is 0 Å². The lowest BCUT2D eigenvalue weighted by Gasteiger charge is -2.19. The van der Waals surface area contributed by atoms with Crippen LogP contribution in [0.5, 0.6) is 11.6 Å². The van der Waals surface area contributed by atoms with Gasteiger partial charge in [-0.2, -0.15) is 0 Å². The number of aromatic nitrogens is 4. The van der Waals surface area contributed by atoms with Gasteiger partial charge in [0.25, 0.3) is 6.43 Å². The number of halogens is 2. The van der Waals surface area contributed by atoms with Crippen molar-refractivity contribution in [3.05, 3.63) is 40.8 Å². The van der Waals surface area contributed by atoms with E-state index in [-0.39, 0.29) is 5.75 Å². The fourth-order valence-electron chi connectivity index (χ4n) is 3.33. The third-order valence-corrected chi connectivity index (χ3v) is 6.41. The molecule has 2 aliphatic rings. The van der Waals surface area contributed by atoms with Crippen molar-refractivity contribution >= 4 is 16.5 Å². The second-order valence-corrected chi connectivity index (χ2v) is 9.45. The van der Waals surface area contributed by atoms with Crippen molar-refractivity contribution in [1.82, 2.24) is 20.2 Å². The molecule has 3 aromatic heterocycles. The fraction of sp³-hybridized carbons (Fsp3) is 0.417. The molecule has 0 spiro atoms. The normalized spacial score (nSPS) is 15.9. The minimum atomic E-state index is -2.77. The van der Waals surface area contributed by atoms with Crippen molar-refractivity contribution < 1.29 is 23.4 Å². The Morgan fingerprint density at radius 2 is 1.97 bits per heavy atom. The second-order valence-electron chi connectivity index (χ2n) is 8.48. The van der Waals surface area contributed by atoms with Crippen molar-refractivity contribution in [1.29, 1.82) is 0 Å². The van der Waals surface area contributed by atoms with E-state index in [0.29, 0.717) is 51.2 Å². The lowest BCUT2D eigenvalue weighted by Crippen LogP contribution is -2.12. The minimum Gasteiger partial charge on any atom is -0.494 e. The Bertz CT molecular complexity index is 1270. The highest BCUT2D eigenvalue weighted by Gasteiger charge is 2.25. The molecule has 0 amide bonds. The maximum atomic E-state index is 13.4. The fourth-order valence-corrected chi connectivity index (χ4v) is 3.96. The molecule has 182 valence electrons. The molecule has 0 aliphatic heterocycles. The van der Waals surface area contributed by atoms with Crippen LogP contribution in [0.3, 0.4) is 0 Å². The summed E-state index contributed by atoms with van der Waals surface area (Å²) in [6.45, 7) is 0.526. The van der Waals surface area contributed by atoms with Gasteiger partial charge in [-0.05, 0) is 43.6 Å². The average molecular weight is 500 g/mol. The lowest BCUT2D eigenvalue weighted by atomic mass is 9.99. The van der Waals surface area contributed by atoms with Gasteiger partial charge in [0, 0.05) is 34.9 Å². The molecule has 2 saturated carbocycles. The highest BCUT2D eigenvalue weighted by Crippen LogP contribution is 2.38. The molecule has 1 unspecified atom stereocenters. The Morgan fingerprint density at radius 3 is 2.69 bits per heavy atom. The number of alkyl halides is 2. The van der Waals surface area contributed by atoms with E-state index < -0.39 is 18.3 Å². The Morgan fingerprint density at radius 1 is 1.14 bits per heavy atom. The SMILES string of the molecule is COc1cnc(C(F)F)cc1-c1cc(OCC2CC2)ncc1C(O)Nc1nnc(C#CC2CC2)s1. The molecular weight excluding hydrogens is 476 g/mol. The summed E-state index contributed by atoms with van der Waals surface area (Å²) in [5, 5.41) is 22.9. The number of hydrogen-bond donors (Lipinski definition) is 2. The highest BCUT2D eigenvalue weighted by molar-refractivity contribution is 7.15. The molecule has 5 rings (SSSR count). The molecule has 3 aromatic rings. The third kappa shape index (κ3) is 5.83. The van der Waals surface area contributed by atoms with E-state index in [1.807, 2.05) is 0 Å². The van der Waals surface area contributed by atoms with Crippen LogP contribution >= 0.6 is 11.3 Å². The van der Waals surface area contributed by atoms with E-state index in [1.54, 1.807) is 6.07 Å². The van der Waals surface area contributed by atoms with E-state index in [0.717, 1.165) is 25.7 Å². The molecule has 35 heavy (non-hydrogen) atoms. The Kier molecular flexibility index (Phi) is 6.74. The van der Waals surface area contributed by atoms with Crippen LogP contribution in [0, 0.1) is 23.7 Å². The van der Waals surface area contributed by atoms with Crippen LogP contribution in [0.1, 0.15) is 54.6 Å². The number of hydrogen-bond acceptors (Lipinski definition) is 9. The molecule has 0 radical (unpaired) electrons. The van der Waals surface area contributed by atoms with E-state index in [1.165, 1.54) is 36.9 Å². The summed E-state index contributed by atoms with van der Waals surface area (Å²) in [5.41, 5.74) is 0.676. The van der Waals surface area contributed by atoms with Gasteiger partial charge in [-0.3, -0.25) is 4.98 Å². The summed E-state index contributed by atoms with van der Waals surface area (Å²) >= 11 is 1.22. The Balaban J connectivity index is 1.46. The van der Waals surface area contributed by atoms with Gasteiger partial charge < -0.3 is 19.9 Å². The summed E-state index contributed by atoms with van der Waals surface area (Å²) in [5.74, 6) is 7.65. The van der Waals surface area contributed by atoms with Crippen molar-refractivity contribution in [3.8, 4) is 34.6 Å². The number of aliphatic hydroxyl groups excluding tert-OH is 1. The Hall–Kier alpha value is -3.36. The predicted octanol–water partition coefficient (Wildman–Crippen LogP) is 4.59. The maximum Gasteiger partial charge on any atom is 0.280 e. The van der Waals surface area contributed by atoms with Crippen molar-refractivity contribution in [2.45, 2.75) is 38.3 Å². The molecule has 8 nitrogen and oxygen atoms in total. The summed E-state index contributed by atoms with van der Waals surface area (Å²) in [4.78, 5) is 8.09. The highest BCUT2D eigenvalue weighted by atomic mass is 32.1. The molecule has 2 N–H and O–H groups in total. The minimum absolute atomic E-state index is 0.274. The lowest BCUT2D eigenvalue weighted by molar-refractivity contribution is 0.146. The average Bonchev–Trinajstić information content (AvgIpc) is 3.80. The van der Waals surface area contributed by atoms with Crippen LogP contribution in [0.2, 0.25) is 0 Å². The van der Waals surface area contributed by atoms with E-state index in [9.17, 15) is 13.9 Å². The molecule has 2 aliphatic carbocycles. The number of aliphatic hydroxyl groups is 1. The summed E-state index contributed by atoms with van der Waals surface area (Å²) in [7, 11) is 1.42. The van der Waals surface area contributed by atoms with Crippen molar-refractivity contribution in [2.24, 2.45) is 11.8 Å². The van der Waals surface area contributed by atoms with Crippen LogP contribution in [0.4, 0.5) is 13.9 Å². The summed E-state index contributed by atoms with van der Waals surface area (Å²) in [6, 6.07) is 2.86. The van der Waals surface area contributed by atoms with Crippen LogP contribution in [0.25, 0.3) is 11.1 Å². The number of rotatable bonds is 9. The molecule has 0 aromatic carbocycles. The van der Waals surface area contributed by atoms with Gasteiger partial charge in [0.1, 0.15) is 11.4 Å². The number of nitrogens with zero attached hydrogens (tertiary/aromatic N) is 4. The molecule has 3 heterocycles. The molecular formula is C24H23F2N5O3S. The summed E-state index contributed by atoms with van der Waals surface area (Å²) in [6.07, 6.45) is 3.09. The van der Waals surface area contributed by atoms with E-state index >= 15 is 0 Å². The quantitative estimate of drug-likeness (QED) is 0.326.